The minimum Gasteiger partial charge on any atom is -0.493 e. The highest BCUT2D eigenvalue weighted by atomic mass is 32.1. The van der Waals surface area contributed by atoms with Gasteiger partial charge < -0.3 is 9.47 Å². The normalized spacial score (nSPS) is 27.1. The van der Waals surface area contributed by atoms with Crippen LogP contribution in [0.15, 0.2) is 28.7 Å². The first-order chi connectivity index (χ1) is 12.9. The smallest absolute Gasteiger partial charge is 0.203 e. The van der Waals surface area contributed by atoms with Crippen molar-refractivity contribution in [1.82, 2.24) is 4.98 Å². The van der Waals surface area contributed by atoms with Gasteiger partial charge in [0, 0.05) is 22.1 Å². The molecule has 1 aromatic carbocycles. The van der Waals surface area contributed by atoms with E-state index in [9.17, 15) is 0 Å². The van der Waals surface area contributed by atoms with Crippen LogP contribution in [0.1, 0.15) is 40.0 Å². The average Bonchev–Trinajstić information content (AvgIpc) is 3.28. The summed E-state index contributed by atoms with van der Waals surface area (Å²) >= 11 is 1.57. The van der Waals surface area contributed by atoms with Crippen LogP contribution in [0, 0.1) is 16.7 Å². The number of thiazole rings is 1. The van der Waals surface area contributed by atoms with Crippen LogP contribution in [0.2, 0.25) is 0 Å². The van der Waals surface area contributed by atoms with Crippen LogP contribution in [-0.4, -0.2) is 24.9 Å². The Morgan fingerprint density at radius 3 is 2.59 bits per heavy atom. The second kappa shape index (κ2) is 6.51. The van der Waals surface area contributed by atoms with Gasteiger partial charge in [-0.1, -0.05) is 20.8 Å². The zero-order valence-corrected chi connectivity index (χ0v) is 17.4. The fourth-order valence-electron chi connectivity index (χ4n) is 4.67. The number of rotatable bonds is 5. The number of nitrogens with one attached hydrogen (secondary N) is 1. The third-order valence-electron chi connectivity index (χ3n) is 6.98. The summed E-state index contributed by atoms with van der Waals surface area (Å²) in [4.78, 5) is 4.70. The summed E-state index contributed by atoms with van der Waals surface area (Å²) in [5, 5.41) is 7.64. The Hall–Kier alpha value is -2.08. The molecule has 0 saturated heterocycles. The maximum atomic E-state index is 5.39. The number of ether oxygens (including phenoxy) is 2. The Morgan fingerprint density at radius 2 is 1.96 bits per heavy atom. The fraction of sp³-hybridized carbons (Fsp3) is 0.524. The average molecular weight is 386 g/mol. The molecule has 1 heterocycles. The summed E-state index contributed by atoms with van der Waals surface area (Å²) in [7, 11) is 3.28. The highest BCUT2D eigenvalue weighted by molar-refractivity contribution is 7.14. The first-order valence-corrected chi connectivity index (χ1v) is 10.3. The van der Waals surface area contributed by atoms with Crippen molar-refractivity contribution in [2.75, 3.05) is 19.6 Å². The number of hydrogen-bond donors (Lipinski definition) is 1. The highest BCUT2D eigenvalue weighted by Crippen LogP contribution is 2.63. The zero-order chi connectivity index (χ0) is 19.2. The van der Waals surface area contributed by atoms with Gasteiger partial charge in [0.05, 0.1) is 19.9 Å². The number of nitrogens with zero attached hydrogens (tertiary/aromatic N) is 2. The van der Waals surface area contributed by atoms with Gasteiger partial charge in [-0.15, -0.1) is 11.3 Å². The molecule has 5 nitrogen and oxygen atoms in total. The van der Waals surface area contributed by atoms with Gasteiger partial charge >= 0.3 is 0 Å². The number of methoxy groups -OCH3 is 2. The molecule has 4 rings (SSSR count). The van der Waals surface area contributed by atoms with Gasteiger partial charge in [-0.3, -0.25) is 5.43 Å². The maximum absolute atomic E-state index is 5.39. The van der Waals surface area contributed by atoms with Crippen LogP contribution in [0.4, 0.5) is 5.13 Å². The molecular weight excluding hydrogens is 358 g/mol. The fourth-order valence-corrected chi connectivity index (χ4v) is 5.33. The largest absolute Gasteiger partial charge is 0.493 e. The lowest BCUT2D eigenvalue weighted by molar-refractivity contribution is 0.194. The van der Waals surface area contributed by atoms with E-state index < -0.39 is 0 Å². The predicted octanol–water partition coefficient (Wildman–Crippen LogP) is 5.44. The molecule has 2 saturated carbocycles. The van der Waals surface area contributed by atoms with E-state index in [-0.39, 0.29) is 5.41 Å². The molecule has 2 fully saturated rings. The predicted molar refractivity (Wildman–Crippen MR) is 111 cm³/mol. The molecule has 2 atom stereocenters. The summed E-state index contributed by atoms with van der Waals surface area (Å²) in [6, 6.07) is 5.84. The number of aromatic nitrogens is 1. The second-order valence-corrected chi connectivity index (χ2v) is 9.13. The van der Waals surface area contributed by atoms with Gasteiger partial charge in [-0.2, -0.15) is 5.10 Å². The molecule has 2 aliphatic rings. The van der Waals surface area contributed by atoms with Gasteiger partial charge in [-0.05, 0) is 48.8 Å². The second-order valence-electron chi connectivity index (χ2n) is 8.27. The quantitative estimate of drug-likeness (QED) is 0.696. The number of hydrazone groups is 1. The van der Waals surface area contributed by atoms with Crippen molar-refractivity contribution in [3.05, 3.63) is 23.6 Å². The maximum Gasteiger partial charge on any atom is 0.203 e. The first-order valence-electron chi connectivity index (χ1n) is 9.40. The van der Waals surface area contributed by atoms with E-state index in [1.807, 2.05) is 23.6 Å². The molecule has 2 aliphatic carbocycles. The van der Waals surface area contributed by atoms with Crippen molar-refractivity contribution in [3.8, 4) is 22.8 Å². The molecule has 27 heavy (non-hydrogen) atoms. The Bertz CT molecular complexity index is 889. The molecule has 2 bridgehead atoms. The van der Waals surface area contributed by atoms with Gasteiger partial charge in [0.25, 0.3) is 0 Å². The standard InChI is InChI=1S/C21H27N3O2S/c1-20(2)14-8-9-21(20,3)18(11-14)23-24-19-22-15(12-27-19)13-6-7-16(25-4)17(10-13)26-5/h6-7,10,12,14H,8-9,11H2,1-5H3,(H,22,24)/b23-18-/t14-,21-/m0/s1. The summed E-state index contributed by atoms with van der Waals surface area (Å²) in [5.41, 5.74) is 6.95. The van der Waals surface area contributed by atoms with Crippen LogP contribution >= 0.6 is 11.3 Å². The van der Waals surface area contributed by atoms with Crippen molar-refractivity contribution < 1.29 is 9.47 Å². The lowest BCUT2D eigenvalue weighted by Gasteiger charge is -2.34. The lowest BCUT2D eigenvalue weighted by atomic mass is 9.70. The molecule has 6 heteroatoms. The Morgan fingerprint density at radius 1 is 1.19 bits per heavy atom. The summed E-state index contributed by atoms with van der Waals surface area (Å²) in [6.07, 6.45) is 3.66. The van der Waals surface area contributed by atoms with Crippen LogP contribution in [0.25, 0.3) is 11.3 Å². The van der Waals surface area contributed by atoms with Crippen LogP contribution < -0.4 is 14.9 Å². The number of fused-ring (bicyclic) bond motifs is 2. The molecule has 144 valence electrons. The van der Waals surface area contributed by atoms with Crippen LogP contribution in [-0.2, 0) is 0 Å². The van der Waals surface area contributed by atoms with Crippen molar-refractivity contribution in [2.24, 2.45) is 21.8 Å². The molecule has 0 radical (unpaired) electrons. The zero-order valence-electron chi connectivity index (χ0n) is 16.6. The van der Waals surface area contributed by atoms with E-state index in [2.05, 4.69) is 26.2 Å². The summed E-state index contributed by atoms with van der Waals surface area (Å²) in [6.45, 7) is 7.16. The molecule has 1 aromatic heterocycles. The molecular formula is C21H27N3O2S. The number of benzene rings is 1. The topological polar surface area (TPSA) is 55.7 Å². The third kappa shape index (κ3) is 2.81. The van der Waals surface area contributed by atoms with E-state index in [4.69, 9.17) is 19.6 Å². The summed E-state index contributed by atoms with van der Waals surface area (Å²) in [5.74, 6) is 2.17. The Kier molecular flexibility index (Phi) is 4.41. The monoisotopic (exact) mass is 385 g/mol. The Balaban J connectivity index is 1.53. The van der Waals surface area contributed by atoms with Gasteiger partial charge in [0.1, 0.15) is 0 Å². The molecule has 0 spiro atoms. The van der Waals surface area contributed by atoms with E-state index in [1.165, 1.54) is 18.6 Å². The van der Waals surface area contributed by atoms with E-state index >= 15 is 0 Å². The van der Waals surface area contributed by atoms with Crippen molar-refractivity contribution in [2.45, 2.75) is 40.0 Å². The molecule has 1 N–H and O–H groups in total. The van der Waals surface area contributed by atoms with E-state index in [1.54, 1.807) is 25.6 Å². The molecule has 2 aromatic rings. The number of anilines is 1. The summed E-state index contributed by atoms with van der Waals surface area (Å²) < 4.78 is 10.7. The molecule has 0 aliphatic heterocycles. The minimum absolute atomic E-state index is 0.202. The van der Waals surface area contributed by atoms with E-state index in [0.717, 1.165) is 28.7 Å². The Labute approximate surface area is 164 Å². The van der Waals surface area contributed by atoms with Gasteiger partial charge in [-0.25, -0.2) is 4.98 Å². The van der Waals surface area contributed by atoms with Crippen LogP contribution in [0.5, 0.6) is 11.5 Å². The van der Waals surface area contributed by atoms with Crippen molar-refractivity contribution in [3.63, 3.8) is 0 Å². The molecule has 0 unspecified atom stereocenters. The number of hydrogen-bond acceptors (Lipinski definition) is 6. The first kappa shape index (κ1) is 18.3. The van der Waals surface area contributed by atoms with Gasteiger partial charge in [0.15, 0.2) is 11.5 Å². The van der Waals surface area contributed by atoms with Crippen molar-refractivity contribution in [1.29, 1.82) is 0 Å². The van der Waals surface area contributed by atoms with Crippen molar-refractivity contribution >= 4 is 22.2 Å². The lowest BCUT2D eigenvalue weighted by Crippen LogP contribution is -2.32. The highest BCUT2D eigenvalue weighted by Gasteiger charge is 2.59. The van der Waals surface area contributed by atoms with Gasteiger partial charge in [0.2, 0.25) is 5.13 Å². The van der Waals surface area contributed by atoms with E-state index in [0.29, 0.717) is 16.9 Å². The molecule has 0 amide bonds. The third-order valence-corrected chi connectivity index (χ3v) is 7.73. The minimum atomic E-state index is 0.202. The van der Waals surface area contributed by atoms with Crippen LogP contribution in [0.3, 0.4) is 0 Å². The SMILES string of the molecule is COc1ccc(-c2csc(N/N=C3/C[C@@H]4CC[C@]3(C)C4(C)C)n2)cc1OC.